The van der Waals surface area contributed by atoms with E-state index in [0.29, 0.717) is 0 Å². The van der Waals surface area contributed by atoms with Crippen molar-refractivity contribution in [3.8, 4) is 0 Å². The van der Waals surface area contributed by atoms with Crippen molar-refractivity contribution >= 4 is 17.1 Å². The van der Waals surface area contributed by atoms with Crippen LogP contribution < -0.4 is 5.73 Å². The fraction of sp³-hybridized carbons (Fsp3) is 0.222. The number of oxazole rings is 1. The summed E-state index contributed by atoms with van der Waals surface area (Å²) in [5, 5.41) is 0. The number of hydrogen-bond donors (Lipinski definition) is 1. The molecular weight excluding hydrogens is 152 g/mol. The first kappa shape index (κ1) is 7.16. The Bertz CT molecular complexity index is 431. The molecule has 0 aliphatic heterocycles. The molecule has 62 valence electrons. The van der Waals surface area contributed by atoms with E-state index >= 15 is 0 Å². The highest BCUT2D eigenvalue weighted by Gasteiger charge is 2.05. The van der Waals surface area contributed by atoms with Gasteiger partial charge in [-0.2, -0.15) is 4.98 Å². The van der Waals surface area contributed by atoms with Gasteiger partial charge in [0.15, 0.2) is 5.58 Å². The lowest BCUT2D eigenvalue weighted by Crippen LogP contribution is -1.82. The van der Waals surface area contributed by atoms with Crippen LogP contribution in [0.25, 0.3) is 11.1 Å². The Balaban J connectivity index is 2.88. The maximum atomic E-state index is 5.43. The molecule has 1 heterocycles. The minimum absolute atomic E-state index is 0.235. The third-order valence-corrected chi connectivity index (χ3v) is 1.85. The molecule has 12 heavy (non-hydrogen) atoms. The first-order valence-corrected chi connectivity index (χ1v) is 3.80. The van der Waals surface area contributed by atoms with Crippen LogP contribution in [0.2, 0.25) is 0 Å². The number of aromatic nitrogens is 1. The van der Waals surface area contributed by atoms with E-state index in [9.17, 15) is 0 Å². The summed E-state index contributed by atoms with van der Waals surface area (Å²) in [4.78, 5) is 4.06. The van der Waals surface area contributed by atoms with Gasteiger partial charge in [-0.1, -0.05) is 6.07 Å². The monoisotopic (exact) mass is 162 g/mol. The highest BCUT2D eigenvalue weighted by molar-refractivity contribution is 5.78. The fourth-order valence-electron chi connectivity index (χ4n) is 1.39. The molecule has 0 unspecified atom stereocenters. The van der Waals surface area contributed by atoms with Gasteiger partial charge in [0.25, 0.3) is 6.01 Å². The molecule has 0 fully saturated rings. The van der Waals surface area contributed by atoms with Crippen LogP contribution >= 0.6 is 0 Å². The molecule has 3 heteroatoms. The molecule has 0 amide bonds. The van der Waals surface area contributed by atoms with Crippen LogP contribution in [0.4, 0.5) is 6.01 Å². The second kappa shape index (κ2) is 2.24. The van der Waals surface area contributed by atoms with Crippen molar-refractivity contribution in [2.45, 2.75) is 13.8 Å². The zero-order valence-electron chi connectivity index (χ0n) is 7.09. The van der Waals surface area contributed by atoms with Crippen LogP contribution in [0.15, 0.2) is 16.5 Å². The Morgan fingerprint density at radius 3 is 2.83 bits per heavy atom. The minimum Gasteiger partial charge on any atom is -0.424 e. The second-order valence-electron chi connectivity index (χ2n) is 2.98. The van der Waals surface area contributed by atoms with E-state index in [0.717, 1.165) is 22.2 Å². The number of nitrogens with two attached hydrogens (primary N) is 1. The van der Waals surface area contributed by atoms with E-state index in [4.69, 9.17) is 10.2 Å². The van der Waals surface area contributed by atoms with Crippen molar-refractivity contribution in [2.24, 2.45) is 0 Å². The van der Waals surface area contributed by atoms with Crippen LogP contribution in [0.5, 0.6) is 0 Å². The molecule has 0 spiro atoms. The topological polar surface area (TPSA) is 52.0 Å². The van der Waals surface area contributed by atoms with Gasteiger partial charge in [-0.25, -0.2) is 0 Å². The van der Waals surface area contributed by atoms with Gasteiger partial charge in [0.1, 0.15) is 5.52 Å². The SMILES string of the molecule is Cc1cc(C)c2nc(N)oc2c1. The quantitative estimate of drug-likeness (QED) is 0.644. The van der Waals surface area contributed by atoms with Gasteiger partial charge in [-0.05, 0) is 31.0 Å². The van der Waals surface area contributed by atoms with Crippen LogP contribution in [0.1, 0.15) is 11.1 Å². The summed E-state index contributed by atoms with van der Waals surface area (Å²) in [5.41, 5.74) is 9.32. The summed E-state index contributed by atoms with van der Waals surface area (Å²) >= 11 is 0. The Morgan fingerprint density at radius 2 is 2.08 bits per heavy atom. The Hall–Kier alpha value is -1.51. The number of rotatable bonds is 0. The van der Waals surface area contributed by atoms with Crippen molar-refractivity contribution in [1.29, 1.82) is 0 Å². The smallest absolute Gasteiger partial charge is 0.292 e. The summed E-state index contributed by atoms with van der Waals surface area (Å²) in [5.74, 6) is 0. The van der Waals surface area contributed by atoms with Crippen molar-refractivity contribution in [2.75, 3.05) is 5.73 Å². The average Bonchev–Trinajstić information content (AvgIpc) is 2.29. The molecule has 0 aliphatic rings. The molecule has 0 saturated heterocycles. The predicted molar refractivity (Wildman–Crippen MR) is 47.9 cm³/mol. The molecule has 2 N–H and O–H groups in total. The summed E-state index contributed by atoms with van der Waals surface area (Å²) in [7, 11) is 0. The third-order valence-electron chi connectivity index (χ3n) is 1.85. The Kier molecular flexibility index (Phi) is 1.33. The van der Waals surface area contributed by atoms with Crippen molar-refractivity contribution in [1.82, 2.24) is 4.98 Å². The van der Waals surface area contributed by atoms with E-state index < -0.39 is 0 Å². The molecular formula is C9H10N2O. The first-order valence-electron chi connectivity index (χ1n) is 3.80. The first-order chi connectivity index (χ1) is 5.66. The molecule has 0 saturated carbocycles. The number of nitrogens with zero attached hydrogens (tertiary/aromatic N) is 1. The van der Waals surface area contributed by atoms with Gasteiger partial charge in [-0.3, -0.25) is 0 Å². The van der Waals surface area contributed by atoms with E-state index in [-0.39, 0.29) is 6.01 Å². The molecule has 0 aliphatic carbocycles. The van der Waals surface area contributed by atoms with Crippen LogP contribution in [0.3, 0.4) is 0 Å². The number of benzene rings is 1. The summed E-state index contributed by atoms with van der Waals surface area (Å²) in [6.07, 6.45) is 0. The van der Waals surface area contributed by atoms with E-state index in [1.165, 1.54) is 0 Å². The molecule has 2 aromatic rings. The second-order valence-corrected chi connectivity index (χ2v) is 2.98. The number of fused-ring (bicyclic) bond motifs is 1. The standard InChI is InChI=1S/C9H10N2O/c1-5-3-6(2)8-7(4-5)12-9(10)11-8/h3-4H,1-2H3,(H2,10,11). The van der Waals surface area contributed by atoms with Crippen molar-refractivity contribution in [3.63, 3.8) is 0 Å². The highest BCUT2D eigenvalue weighted by atomic mass is 16.4. The predicted octanol–water partition coefficient (Wildman–Crippen LogP) is 2.03. The summed E-state index contributed by atoms with van der Waals surface area (Å²) in [6, 6.07) is 4.23. The Labute approximate surface area is 70.2 Å². The van der Waals surface area contributed by atoms with E-state index in [1.54, 1.807) is 0 Å². The van der Waals surface area contributed by atoms with Crippen molar-refractivity contribution < 1.29 is 4.42 Å². The van der Waals surface area contributed by atoms with Crippen molar-refractivity contribution in [3.05, 3.63) is 23.3 Å². The largest absolute Gasteiger partial charge is 0.424 e. The zero-order valence-corrected chi connectivity index (χ0v) is 7.09. The van der Waals surface area contributed by atoms with Gasteiger partial charge in [0, 0.05) is 0 Å². The summed E-state index contributed by atoms with van der Waals surface area (Å²) < 4.78 is 5.20. The number of anilines is 1. The molecule has 3 nitrogen and oxygen atoms in total. The molecule has 0 radical (unpaired) electrons. The van der Waals surface area contributed by atoms with Gasteiger partial charge in [-0.15, -0.1) is 0 Å². The maximum Gasteiger partial charge on any atom is 0.292 e. The average molecular weight is 162 g/mol. The van der Waals surface area contributed by atoms with Gasteiger partial charge < -0.3 is 10.2 Å². The summed E-state index contributed by atoms with van der Waals surface area (Å²) in [6.45, 7) is 4.02. The lowest BCUT2D eigenvalue weighted by atomic mass is 10.1. The highest BCUT2D eigenvalue weighted by Crippen LogP contribution is 2.21. The minimum atomic E-state index is 0.235. The number of hydrogen-bond acceptors (Lipinski definition) is 3. The van der Waals surface area contributed by atoms with Gasteiger partial charge in [0.2, 0.25) is 0 Å². The van der Waals surface area contributed by atoms with Gasteiger partial charge in [0.05, 0.1) is 0 Å². The molecule has 2 rings (SSSR count). The maximum absolute atomic E-state index is 5.43. The third kappa shape index (κ3) is 0.942. The fourth-order valence-corrected chi connectivity index (χ4v) is 1.39. The van der Waals surface area contributed by atoms with E-state index in [2.05, 4.69) is 11.1 Å². The number of aryl methyl sites for hydroxylation is 2. The molecule has 1 aromatic heterocycles. The molecule has 0 bridgehead atoms. The number of nitrogen functional groups attached to an aromatic ring is 1. The molecule has 0 atom stereocenters. The molecule has 1 aromatic carbocycles. The van der Waals surface area contributed by atoms with Crippen LogP contribution in [0, 0.1) is 13.8 Å². The normalized spacial score (nSPS) is 10.8. The van der Waals surface area contributed by atoms with Crippen LogP contribution in [-0.2, 0) is 0 Å². The lowest BCUT2D eigenvalue weighted by molar-refractivity contribution is 0.626. The zero-order chi connectivity index (χ0) is 8.72. The van der Waals surface area contributed by atoms with Gasteiger partial charge >= 0.3 is 0 Å². The van der Waals surface area contributed by atoms with Crippen LogP contribution in [-0.4, -0.2) is 4.98 Å². The van der Waals surface area contributed by atoms with E-state index in [1.807, 2.05) is 19.9 Å². The Morgan fingerprint density at radius 1 is 1.33 bits per heavy atom. The lowest BCUT2D eigenvalue weighted by Gasteiger charge is -1.94.